The van der Waals surface area contributed by atoms with Crippen molar-refractivity contribution in [2.24, 2.45) is 5.10 Å². The van der Waals surface area contributed by atoms with E-state index in [0.717, 1.165) is 5.56 Å². The number of benzene rings is 2. The molecule has 4 heteroatoms. The minimum Gasteiger partial charge on any atom is -0.497 e. The van der Waals surface area contributed by atoms with Crippen LogP contribution in [0.25, 0.3) is 0 Å². The molecule has 0 spiro atoms. The molecule has 0 saturated carbocycles. The lowest BCUT2D eigenvalue weighted by Crippen LogP contribution is -2.18. The summed E-state index contributed by atoms with van der Waals surface area (Å²) in [4.78, 5) is 12.0. The Bertz CT molecular complexity index is 624. The molecular formula is C17H18N2O2. The lowest BCUT2D eigenvalue weighted by molar-refractivity contribution is 0.0954. The monoisotopic (exact) mass is 282 g/mol. The van der Waals surface area contributed by atoms with Crippen molar-refractivity contribution in [3.05, 3.63) is 65.7 Å². The molecule has 1 amide bonds. The first-order valence-corrected chi connectivity index (χ1v) is 6.73. The summed E-state index contributed by atoms with van der Waals surface area (Å²) >= 11 is 0. The van der Waals surface area contributed by atoms with Gasteiger partial charge in [0, 0.05) is 17.7 Å². The Morgan fingerprint density at radius 3 is 2.67 bits per heavy atom. The van der Waals surface area contributed by atoms with Gasteiger partial charge in [-0.2, -0.15) is 5.10 Å². The number of amides is 1. The number of rotatable bonds is 5. The maximum absolute atomic E-state index is 12.0. The first-order chi connectivity index (χ1) is 10.2. The van der Waals surface area contributed by atoms with Crippen LogP contribution in [0.15, 0.2) is 59.7 Å². The summed E-state index contributed by atoms with van der Waals surface area (Å²) in [5.41, 5.74) is 4.19. The molecule has 0 radical (unpaired) electrons. The first-order valence-electron chi connectivity index (χ1n) is 6.73. The van der Waals surface area contributed by atoms with Gasteiger partial charge in [0.1, 0.15) is 5.75 Å². The highest BCUT2D eigenvalue weighted by Gasteiger charge is 2.06. The van der Waals surface area contributed by atoms with E-state index in [9.17, 15) is 4.79 Å². The van der Waals surface area contributed by atoms with Crippen LogP contribution in [-0.2, 0) is 0 Å². The molecule has 108 valence electrons. The van der Waals surface area contributed by atoms with E-state index in [4.69, 9.17) is 4.74 Å². The van der Waals surface area contributed by atoms with Gasteiger partial charge in [0.05, 0.1) is 7.11 Å². The lowest BCUT2D eigenvalue weighted by atomic mass is 10.0. The van der Waals surface area contributed by atoms with Gasteiger partial charge in [0.25, 0.3) is 5.91 Å². The zero-order valence-corrected chi connectivity index (χ0v) is 12.1. The Kier molecular flexibility index (Phi) is 5.10. The van der Waals surface area contributed by atoms with Crippen LogP contribution < -0.4 is 10.2 Å². The minimum atomic E-state index is -0.259. The van der Waals surface area contributed by atoms with Gasteiger partial charge in [-0.25, -0.2) is 5.43 Å². The summed E-state index contributed by atoms with van der Waals surface area (Å²) < 4.78 is 5.09. The highest BCUT2D eigenvalue weighted by Crippen LogP contribution is 2.13. The fourth-order valence-electron chi connectivity index (χ4n) is 1.88. The molecule has 0 heterocycles. The van der Waals surface area contributed by atoms with E-state index in [0.29, 0.717) is 11.3 Å². The standard InChI is InChI=1S/C17H18N2O2/c1-13(14-7-4-3-5-8-14)12-18-19-17(20)15-9-6-10-16(11-15)21-2/h3-13H,1-2H3,(H,19,20)/b18-12+. The number of hydrogen-bond acceptors (Lipinski definition) is 3. The van der Waals surface area contributed by atoms with Crippen molar-refractivity contribution in [2.45, 2.75) is 12.8 Å². The molecule has 0 saturated heterocycles. The van der Waals surface area contributed by atoms with Crippen LogP contribution >= 0.6 is 0 Å². The van der Waals surface area contributed by atoms with E-state index in [1.165, 1.54) is 0 Å². The first kappa shape index (κ1) is 14.8. The zero-order chi connectivity index (χ0) is 15.1. The van der Waals surface area contributed by atoms with Crippen LogP contribution in [0.5, 0.6) is 5.75 Å². The summed E-state index contributed by atoms with van der Waals surface area (Å²) in [7, 11) is 1.57. The maximum Gasteiger partial charge on any atom is 0.271 e. The van der Waals surface area contributed by atoms with E-state index in [1.54, 1.807) is 37.6 Å². The van der Waals surface area contributed by atoms with Crippen molar-refractivity contribution in [1.29, 1.82) is 0 Å². The molecule has 0 aliphatic rings. The maximum atomic E-state index is 12.0. The lowest BCUT2D eigenvalue weighted by Gasteiger charge is -2.06. The Morgan fingerprint density at radius 1 is 1.19 bits per heavy atom. The second kappa shape index (κ2) is 7.24. The Hall–Kier alpha value is -2.62. The van der Waals surface area contributed by atoms with Crippen molar-refractivity contribution < 1.29 is 9.53 Å². The van der Waals surface area contributed by atoms with E-state index < -0.39 is 0 Å². The van der Waals surface area contributed by atoms with Crippen molar-refractivity contribution in [3.8, 4) is 5.75 Å². The summed E-state index contributed by atoms with van der Waals surface area (Å²) in [6, 6.07) is 16.9. The molecule has 0 aliphatic heterocycles. The van der Waals surface area contributed by atoms with Crippen molar-refractivity contribution in [2.75, 3.05) is 7.11 Å². The number of hydrazone groups is 1. The summed E-state index contributed by atoms with van der Waals surface area (Å²) in [5.74, 6) is 0.520. The third-order valence-corrected chi connectivity index (χ3v) is 3.12. The molecule has 2 rings (SSSR count). The van der Waals surface area contributed by atoms with E-state index in [2.05, 4.69) is 10.5 Å². The second-order valence-electron chi connectivity index (χ2n) is 4.65. The normalized spacial score (nSPS) is 12.1. The van der Waals surface area contributed by atoms with Gasteiger partial charge in [-0.15, -0.1) is 0 Å². The molecule has 0 bridgehead atoms. The van der Waals surface area contributed by atoms with Gasteiger partial charge in [0.15, 0.2) is 0 Å². The highest BCUT2D eigenvalue weighted by molar-refractivity contribution is 5.94. The third-order valence-electron chi connectivity index (χ3n) is 3.12. The van der Waals surface area contributed by atoms with Crippen LogP contribution in [-0.4, -0.2) is 19.2 Å². The van der Waals surface area contributed by atoms with Crippen LogP contribution in [0, 0.1) is 0 Å². The summed E-state index contributed by atoms with van der Waals surface area (Å²) in [6.45, 7) is 2.02. The topological polar surface area (TPSA) is 50.7 Å². The number of carbonyl (C=O) groups is 1. The summed E-state index contributed by atoms with van der Waals surface area (Å²) in [6.07, 6.45) is 1.72. The van der Waals surface area contributed by atoms with Crippen LogP contribution in [0.2, 0.25) is 0 Å². The average Bonchev–Trinajstić information content (AvgIpc) is 2.55. The fraction of sp³-hybridized carbons (Fsp3) is 0.176. The van der Waals surface area contributed by atoms with Crippen molar-refractivity contribution in [3.63, 3.8) is 0 Å². The predicted octanol–water partition coefficient (Wildman–Crippen LogP) is 3.21. The molecular weight excluding hydrogens is 264 g/mol. The SMILES string of the molecule is COc1cccc(C(=O)N/N=C/C(C)c2ccccc2)c1. The number of carbonyl (C=O) groups excluding carboxylic acids is 1. The largest absolute Gasteiger partial charge is 0.497 e. The van der Waals surface area contributed by atoms with E-state index >= 15 is 0 Å². The Labute approximate surface area is 124 Å². The molecule has 0 aromatic heterocycles. The number of hydrogen-bond donors (Lipinski definition) is 1. The minimum absolute atomic E-state index is 0.136. The Morgan fingerprint density at radius 2 is 1.95 bits per heavy atom. The molecule has 1 N–H and O–H groups in total. The fourth-order valence-corrected chi connectivity index (χ4v) is 1.88. The average molecular weight is 282 g/mol. The molecule has 0 fully saturated rings. The predicted molar refractivity (Wildman–Crippen MR) is 83.8 cm³/mol. The third kappa shape index (κ3) is 4.18. The number of nitrogens with one attached hydrogen (secondary N) is 1. The van der Waals surface area contributed by atoms with Crippen LogP contribution in [0.1, 0.15) is 28.8 Å². The van der Waals surface area contributed by atoms with Crippen LogP contribution in [0.4, 0.5) is 0 Å². The number of ether oxygens (including phenoxy) is 1. The second-order valence-corrected chi connectivity index (χ2v) is 4.65. The smallest absolute Gasteiger partial charge is 0.271 e. The number of nitrogens with zero attached hydrogens (tertiary/aromatic N) is 1. The molecule has 0 aliphatic carbocycles. The molecule has 2 aromatic rings. The Balaban J connectivity index is 1.95. The molecule has 1 atom stereocenters. The van der Waals surface area contributed by atoms with Gasteiger partial charge in [-0.05, 0) is 23.8 Å². The quantitative estimate of drug-likeness (QED) is 0.676. The van der Waals surface area contributed by atoms with Crippen LogP contribution in [0.3, 0.4) is 0 Å². The molecule has 1 unspecified atom stereocenters. The number of methoxy groups -OCH3 is 1. The molecule has 2 aromatic carbocycles. The highest BCUT2D eigenvalue weighted by atomic mass is 16.5. The van der Waals surface area contributed by atoms with E-state index in [-0.39, 0.29) is 11.8 Å². The van der Waals surface area contributed by atoms with Gasteiger partial charge >= 0.3 is 0 Å². The van der Waals surface area contributed by atoms with Crippen molar-refractivity contribution in [1.82, 2.24) is 5.43 Å². The van der Waals surface area contributed by atoms with Gasteiger partial charge < -0.3 is 4.74 Å². The molecule has 4 nitrogen and oxygen atoms in total. The van der Waals surface area contributed by atoms with E-state index in [1.807, 2.05) is 37.3 Å². The summed E-state index contributed by atoms with van der Waals surface area (Å²) in [5, 5.41) is 4.01. The van der Waals surface area contributed by atoms with Crippen molar-refractivity contribution >= 4 is 12.1 Å². The van der Waals surface area contributed by atoms with Gasteiger partial charge in [0.2, 0.25) is 0 Å². The van der Waals surface area contributed by atoms with Gasteiger partial charge in [-0.3, -0.25) is 4.79 Å². The zero-order valence-electron chi connectivity index (χ0n) is 12.1. The van der Waals surface area contributed by atoms with Gasteiger partial charge in [-0.1, -0.05) is 43.3 Å². The molecule has 21 heavy (non-hydrogen) atoms.